The van der Waals surface area contributed by atoms with E-state index in [0.29, 0.717) is 66.9 Å². The van der Waals surface area contributed by atoms with Crippen LogP contribution < -0.4 is 47.4 Å². The molecule has 0 radical (unpaired) electrons. The second-order valence-corrected chi connectivity index (χ2v) is 22.9. The molecule has 9 N–H and O–H groups in total. The smallest absolute Gasteiger partial charge is 0.508 e. The first kappa shape index (κ1) is 53.9. The summed E-state index contributed by atoms with van der Waals surface area (Å²) in [5, 5.41) is 42.7. The average molecular weight is 980 g/mol. The van der Waals surface area contributed by atoms with Gasteiger partial charge < -0.3 is 23.4 Å². The molecule has 67 heavy (non-hydrogen) atoms. The molecule has 376 valence electrons. The van der Waals surface area contributed by atoms with Crippen molar-refractivity contribution in [1.29, 1.82) is 0 Å². The molecule has 1 aromatic rings. The maximum absolute atomic E-state index is 9.04. The predicted molar refractivity (Wildman–Crippen MR) is 275 cm³/mol. The first-order chi connectivity index (χ1) is 32.4. The van der Waals surface area contributed by atoms with Crippen LogP contribution in [0.4, 0.5) is 5.69 Å². The van der Waals surface area contributed by atoms with E-state index in [-0.39, 0.29) is 19.5 Å². The van der Waals surface area contributed by atoms with Gasteiger partial charge in [-0.3, -0.25) is 42.5 Å². The summed E-state index contributed by atoms with van der Waals surface area (Å²) in [5.74, 6) is 6.05. The van der Waals surface area contributed by atoms with Crippen molar-refractivity contribution < 1.29 is 24.6 Å². The van der Waals surface area contributed by atoms with Gasteiger partial charge in [-0.1, -0.05) is 148 Å². The maximum Gasteiger partial charge on any atom is 2.00 e. The molecule has 9 aliphatic rings. The van der Waals surface area contributed by atoms with E-state index in [1.54, 1.807) is 12.1 Å². The van der Waals surface area contributed by atoms with E-state index in [9.17, 15) is 0 Å². The molecule has 10 nitrogen and oxygen atoms in total. The number of hydrogen-bond acceptors (Lipinski definition) is 10. The molecule has 5 aliphatic heterocycles. The molecule has 0 spiro atoms. The Balaban J connectivity index is 0.000000205. The summed E-state index contributed by atoms with van der Waals surface area (Å²) in [7, 11) is 3.88. The van der Waals surface area contributed by atoms with Gasteiger partial charge in [-0.05, 0) is 92.1 Å². The number of phenols is 1. The van der Waals surface area contributed by atoms with Crippen molar-refractivity contribution >= 4 is 5.69 Å². The third-order valence-electron chi connectivity index (χ3n) is 18.3. The number of benzene rings is 1. The fraction of sp³-hybridized carbons (Fsp3) is 0.857. The summed E-state index contributed by atoms with van der Waals surface area (Å²) in [6, 6.07) is 7.15. The Hall–Kier alpha value is -0.877. The van der Waals surface area contributed by atoms with Gasteiger partial charge in [-0.2, -0.15) is 12.8 Å². The topological polar surface area (TPSA) is 120 Å². The van der Waals surface area contributed by atoms with Crippen LogP contribution in [0.3, 0.4) is 0 Å². The molecular weight excluding hydrogens is 880 g/mol. The molecule has 16 unspecified atom stereocenters. The van der Waals surface area contributed by atoms with E-state index in [4.69, 9.17) is 5.11 Å². The van der Waals surface area contributed by atoms with Crippen molar-refractivity contribution in [2.75, 3.05) is 19.0 Å². The number of aromatic hydroxyl groups is 1. The van der Waals surface area contributed by atoms with Gasteiger partial charge in [-0.25, -0.2) is 0 Å². The molecule has 0 amide bonds. The molecule has 5 saturated heterocycles. The van der Waals surface area contributed by atoms with Gasteiger partial charge >= 0.3 is 19.5 Å². The van der Waals surface area contributed by atoms with Gasteiger partial charge in [0.15, 0.2) is 0 Å². The van der Waals surface area contributed by atoms with Crippen molar-refractivity contribution in [3.8, 4) is 5.75 Å². The molecule has 16 atom stereocenters. The van der Waals surface area contributed by atoms with Crippen LogP contribution in [0, 0.1) is 60.7 Å². The second-order valence-electron chi connectivity index (χ2n) is 22.9. The molecule has 10 rings (SSSR count). The van der Waals surface area contributed by atoms with Gasteiger partial charge in [0, 0.05) is 32.0 Å². The third kappa shape index (κ3) is 14.4. The molecule has 1 aromatic carbocycles. The summed E-state index contributed by atoms with van der Waals surface area (Å²) in [6.07, 6.45) is 46.3. The summed E-state index contributed by atoms with van der Waals surface area (Å²) in [5.41, 5.74) is 1.01. The Morgan fingerprint density at radius 1 is 0.493 bits per heavy atom. The van der Waals surface area contributed by atoms with Crippen LogP contribution in [-0.4, -0.2) is 68.5 Å². The number of phenolic OH excluding ortho intramolecular Hbond substituents is 1. The number of unbranched alkanes of at least 4 members (excludes halogenated alkanes) is 13. The minimum absolute atomic E-state index is 0. The fourth-order valence-corrected chi connectivity index (χ4v) is 14.7. The standard InChI is InChI=1S/C32H55N8.C16H33.C8H11NO.Zn/c1-2-10-18-17(9-1)25-33-26(18)38-28-21-13-5-6-14-22(21)30(35-28)40-32-24-16-8-7-15-23(24)31(36-32)39-29-20-12-4-3-11-19(20)27(34-29)37-25;1-3-5-7-9-11-13-15-16-14-12-10-8-6-4-2;1-9(2)7-4-3-5-8(10)6-7;/h9,17-40H,1-8,10-16H2;1,3-16H2,2H3;3-6,10H,1-2H3;/q2*-1;;+2. The van der Waals surface area contributed by atoms with Crippen molar-refractivity contribution in [3.63, 3.8) is 0 Å². The van der Waals surface area contributed by atoms with Crippen molar-refractivity contribution in [2.24, 2.45) is 47.3 Å². The third-order valence-corrected chi connectivity index (χ3v) is 18.3. The van der Waals surface area contributed by atoms with E-state index in [0.717, 1.165) is 47.6 Å². The summed E-state index contributed by atoms with van der Waals surface area (Å²) < 4.78 is 0. The number of rotatable bonds is 14. The monoisotopic (exact) mass is 978 g/mol. The van der Waals surface area contributed by atoms with E-state index in [2.05, 4.69) is 62.8 Å². The number of nitrogens with zero attached hydrogens (tertiary/aromatic N) is 1. The Kier molecular flexibility index (Phi) is 22.4. The molecule has 4 aliphatic carbocycles. The summed E-state index contributed by atoms with van der Waals surface area (Å²) in [4.78, 5) is 1.94. The number of hydrogen-bond donors (Lipinski definition) is 9. The Morgan fingerprint density at radius 3 is 1.18 bits per heavy atom. The maximum atomic E-state index is 9.04. The van der Waals surface area contributed by atoms with Crippen LogP contribution in [0.15, 0.2) is 24.3 Å². The van der Waals surface area contributed by atoms with Crippen molar-refractivity contribution in [1.82, 2.24) is 42.5 Å². The minimum atomic E-state index is 0. The van der Waals surface area contributed by atoms with Gasteiger partial charge in [0.2, 0.25) is 0 Å². The second kappa shape index (κ2) is 27.8. The summed E-state index contributed by atoms with van der Waals surface area (Å²) in [6.45, 7) is 6.16. The van der Waals surface area contributed by atoms with Crippen LogP contribution in [0.5, 0.6) is 5.75 Å². The zero-order chi connectivity index (χ0) is 45.7. The Bertz CT molecular complexity index is 1320. The Labute approximate surface area is 422 Å². The van der Waals surface area contributed by atoms with Gasteiger partial charge in [0.05, 0.1) is 43.2 Å². The Morgan fingerprint density at radius 2 is 0.836 bits per heavy atom. The van der Waals surface area contributed by atoms with E-state index in [1.165, 1.54) is 180 Å². The van der Waals surface area contributed by atoms with Crippen LogP contribution in [0.1, 0.15) is 193 Å². The minimum Gasteiger partial charge on any atom is -0.508 e. The van der Waals surface area contributed by atoms with Crippen LogP contribution in [0.25, 0.3) is 0 Å². The van der Waals surface area contributed by atoms with E-state index < -0.39 is 0 Å². The van der Waals surface area contributed by atoms with Gasteiger partial charge in [-0.15, -0.1) is 5.92 Å². The first-order valence-corrected chi connectivity index (χ1v) is 28.6. The normalized spacial score (nSPS) is 38.4. The zero-order valence-electron chi connectivity index (χ0n) is 42.9. The molecule has 11 heteroatoms. The molecule has 8 bridgehead atoms. The van der Waals surface area contributed by atoms with Crippen LogP contribution in [-0.2, 0) is 19.5 Å². The van der Waals surface area contributed by atoms with Crippen LogP contribution in [0.2, 0.25) is 0 Å². The van der Waals surface area contributed by atoms with Gasteiger partial charge in [0.25, 0.3) is 0 Å². The number of nitrogens with one attached hydrogen (secondary N) is 8. The zero-order valence-corrected chi connectivity index (χ0v) is 45.9. The average Bonchev–Trinajstić information content (AvgIpc) is 4.08. The van der Waals surface area contributed by atoms with E-state index >= 15 is 0 Å². The quantitative estimate of drug-likeness (QED) is 0.0507. The number of fused-ring (bicyclic) bond motifs is 20. The molecule has 9 fully saturated rings. The predicted octanol–water partition coefficient (Wildman–Crippen LogP) is 10.2. The molecule has 5 heterocycles. The van der Waals surface area contributed by atoms with Crippen molar-refractivity contribution in [2.45, 2.75) is 242 Å². The molecule has 0 aromatic heterocycles. The van der Waals surface area contributed by atoms with Gasteiger partial charge in [0.1, 0.15) is 5.75 Å². The molecule has 4 saturated carbocycles. The summed E-state index contributed by atoms with van der Waals surface area (Å²) >= 11 is 0. The van der Waals surface area contributed by atoms with Crippen LogP contribution >= 0.6 is 0 Å². The fourth-order valence-electron chi connectivity index (χ4n) is 14.7. The number of anilines is 1. The SMILES string of the molecule is CN(C)c1cccc(O)c1.[CH-]1CCCC2C3NC(NC4NC(NC5NC(NC6NC(N3)C3CCCCC63)C3CCCCC53)C3CCCCC43)C12.[CH2-]CCCCCCCCCCCCCCC.[Zn+2]. The molecular formula is C56H99N9OZn. The van der Waals surface area contributed by atoms with E-state index in [1.807, 2.05) is 31.1 Å². The first-order valence-electron chi connectivity index (χ1n) is 28.6. The largest absolute Gasteiger partial charge is 2.00 e. The van der Waals surface area contributed by atoms with Crippen molar-refractivity contribution in [3.05, 3.63) is 37.6 Å².